The molecule has 34 heavy (non-hydrogen) atoms. The summed E-state index contributed by atoms with van der Waals surface area (Å²) in [5.41, 5.74) is 1.98. The molecule has 3 fully saturated rings. The Morgan fingerprint density at radius 1 is 1.15 bits per heavy atom. The van der Waals surface area contributed by atoms with Crippen LogP contribution in [-0.4, -0.2) is 95.1 Å². The molecule has 0 aliphatic carbocycles. The van der Waals surface area contributed by atoms with Crippen LogP contribution in [0, 0.1) is 11.3 Å². The molecule has 1 aromatic heterocycles. The molecule has 11 nitrogen and oxygen atoms in total. The van der Waals surface area contributed by atoms with E-state index in [1.54, 1.807) is 0 Å². The molecular weight excluding hydrogens is 438 g/mol. The van der Waals surface area contributed by atoms with E-state index in [2.05, 4.69) is 21.2 Å². The van der Waals surface area contributed by atoms with Crippen molar-refractivity contribution in [1.29, 1.82) is 5.26 Å². The number of carbonyl (C=O) groups is 1. The van der Waals surface area contributed by atoms with Crippen molar-refractivity contribution < 1.29 is 19.4 Å². The van der Waals surface area contributed by atoms with Gasteiger partial charge in [-0.1, -0.05) is 0 Å². The molecule has 2 N–H and O–H groups in total. The van der Waals surface area contributed by atoms with Crippen LogP contribution in [0.1, 0.15) is 43.4 Å². The highest BCUT2D eigenvalue weighted by Gasteiger charge is 2.34. The average molecular weight is 472 g/mol. The van der Waals surface area contributed by atoms with E-state index in [-0.39, 0.29) is 18.6 Å². The Kier molecular flexibility index (Phi) is 6.99. The van der Waals surface area contributed by atoms with Crippen molar-refractivity contribution in [2.24, 2.45) is 0 Å². The predicted octanol–water partition coefficient (Wildman–Crippen LogP) is 1.18. The summed E-state index contributed by atoms with van der Waals surface area (Å²) >= 11 is 0. The Bertz CT molecular complexity index is 925. The van der Waals surface area contributed by atoms with Gasteiger partial charge in [0.1, 0.15) is 11.9 Å². The molecule has 0 bridgehead atoms. The van der Waals surface area contributed by atoms with Gasteiger partial charge >= 0.3 is 12.1 Å². The second-order valence-electron chi connectivity index (χ2n) is 9.49. The Balaban J connectivity index is 1.27. The number of fused-ring (bicyclic) bond motifs is 1. The third-order valence-electron chi connectivity index (χ3n) is 7.46. The Labute approximate surface area is 199 Å². The summed E-state index contributed by atoms with van der Waals surface area (Å²) in [5, 5.41) is 22.1. The second kappa shape index (κ2) is 10.3. The molecule has 0 spiro atoms. The van der Waals surface area contributed by atoms with Crippen LogP contribution in [0.25, 0.3) is 0 Å². The molecule has 0 saturated carbocycles. The first kappa shape index (κ1) is 23.1. The highest BCUT2D eigenvalue weighted by atomic mass is 16.5. The second-order valence-corrected chi connectivity index (χ2v) is 9.49. The minimum absolute atomic E-state index is 0.0894. The zero-order chi connectivity index (χ0) is 23.5. The van der Waals surface area contributed by atoms with Gasteiger partial charge in [0, 0.05) is 70.6 Å². The molecule has 184 valence electrons. The topological polar surface area (TPSA) is 127 Å². The zero-order valence-corrected chi connectivity index (χ0v) is 19.5. The van der Waals surface area contributed by atoms with Crippen LogP contribution in [-0.2, 0) is 17.8 Å². The summed E-state index contributed by atoms with van der Waals surface area (Å²) in [4.78, 5) is 27.1. The van der Waals surface area contributed by atoms with E-state index in [0.717, 1.165) is 69.1 Å². The molecule has 5 heterocycles. The Hall–Kier alpha value is -2.68. The quantitative estimate of drug-likeness (QED) is 0.646. The first-order valence-corrected chi connectivity index (χ1v) is 12.3. The molecule has 4 aliphatic rings. The highest BCUT2D eigenvalue weighted by molar-refractivity contribution is 5.66. The normalized spacial score (nSPS) is 24.6. The lowest BCUT2D eigenvalue weighted by Crippen LogP contribution is -2.55. The van der Waals surface area contributed by atoms with Gasteiger partial charge < -0.3 is 29.7 Å². The molecule has 0 radical (unpaired) electrons. The summed E-state index contributed by atoms with van der Waals surface area (Å²) < 4.78 is 11.8. The van der Waals surface area contributed by atoms with E-state index >= 15 is 0 Å². The van der Waals surface area contributed by atoms with Crippen molar-refractivity contribution in [3.05, 3.63) is 11.3 Å². The van der Waals surface area contributed by atoms with Gasteiger partial charge in [-0.15, -0.1) is 0 Å². The standard InChI is InChI=1S/C23H33N7O4/c24-6-1-17-15-29(9-10-30(17)23(31)32)21-19-13-25-14-20(19)26-22(27-21)34-18-2-7-28(8-3-18)16-4-11-33-12-5-16/h16-18,25H,1-5,7-15H2,(H,31,32). The summed E-state index contributed by atoms with van der Waals surface area (Å²) in [5.74, 6) is 0.803. The van der Waals surface area contributed by atoms with Crippen LogP contribution in [0.4, 0.5) is 10.6 Å². The van der Waals surface area contributed by atoms with Crippen LogP contribution in [0.3, 0.4) is 0 Å². The molecular formula is C23H33N7O4. The number of piperidine rings is 1. The molecule has 3 saturated heterocycles. The predicted molar refractivity (Wildman–Crippen MR) is 123 cm³/mol. The smallest absolute Gasteiger partial charge is 0.407 e. The van der Waals surface area contributed by atoms with E-state index in [9.17, 15) is 15.2 Å². The van der Waals surface area contributed by atoms with Gasteiger partial charge in [0.25, 0.3) is 0 Å². The van der Waals surface area contributed by atoms with Gasteiger partial charge in [0.05, 0.1) is 24.2 Å². The van der Waals surface area contributed by atoms with Crippen LogP contribution >= 0.6 is 0 Å². The van der Waals surface area contributed by atoms with E-state index in [0.29, 0.717) is 44.8 Å². The van der Waals surface area contributed by atoms with Gasteiger partial charge in [-0.2, -0.15) is 15.2 Å². The summed E-state index contributed by atoms with van der Waals surface area (Å²) in [6.45, 7) is 6.40. The maximum absolute atomic E-state index is 11.6. The lowest BCUT2D eigenvalue weighted by atomic mass is 10.0. The minimum atomic E-state index is -0.981. The summed E-state index contributed by atoms with van der Waals surface area (Å²) in [6, 6.07) is 2.77. The number of hydrogen-bond acceptors (Lipinski definition) is 9. The number of hydrogen-bond donors (Lipinski definition) is 2. The minimum Gasteiger partial charge on any atom is -0.465 e. The van der Waals surface area contributed by atoms with Crippen molar-refractivity contribution in [1.82, 2.24) is 25.1 Å². The molecule has 0 aromatic carbocycles. The van der Waals surface area contributed by atoms with E-state index in [4.69, 9.17) is 19.4 Å². The molecule has 5 rings (SSSR count). The van der Waals surface area contributed by atoms with E-state index in [1.807, 2.05) is 0 Å². The fraction of sp³-hybridized carbons (Fsp3) is 0.739. The lowest BCUT2D eigenvalue weighted by Gasteiger charge is -2.40. The number of piperazine rings is 1. The SMILES string of the molecule is N#CCC1CN(c2nc(OC3CCN(C4CCOCC4)CC3)nc3c2CNC3)CCN1C(=O)O. The van der Waals surface area contributed by atoms with Crippen LogP contribution in [0.2, 0.25) is 0 Å². The number of likely N-dealkylation sites (tertiary alicyclic amines) is 1. The van der Waals surface area contributed by atoms with Gasteiger partial charge in [-0.3, -0.25) is 4.90 Å². The largest absolute Gasteiger partial charge is 0.465 e. The third-order valence-corrected chi connectivity index (χ3v) is 7.46. The number of nitrogens with zero attached hydrogens (tertiary/aromatic N) is 6. The van der Waals surface area contributed by atoms with Crippen LogP contribution in [0.15, 0.2) is 0 Å². The van der Waals surface area contributed by atoms with Crippen molar-refractivity contribution in [2.75, 3.05) is 50.8 Å². The first-order valence-electron chi connectivity index (χ1n) is 12.3. The number of ether oxygens (including phenoxy) is 2. The Morgan fingerprint density at radius 3 is 2.68 bits per heavy atom. The highest BCUT2D eigenvalue weighted by Crippen LogP contribution is 2.30. The number of anilines is 1. The monoisotopic (exact) mass is 471 g/mol. The van der Waals surface area contributed by atoms with Gasteiger partial charge in [0.15, 0.2) is 0 Å². The van der Waals surface area contributed by atoms with Gasteiger partial charge in [0.2, 0.25) is 0 Å². The molecule has 1 unspecified atom stereocenters. The maximum Gasteiger partial charge on any atom is 0.407 e. The summed E-state index contributed by atoms with van der Waals surface area (Å²) in [7, 11) is 0. The zero-order valence-electron chi connectivity index (χ0n) is 19.5. The van der Waals surface area contributed by atoms with Crippen molar-refractivity contribution in [2.45, 2.75) is 63.4 Å². The Morgan fingerprint density at radius 2 is 1.94 bits per heavy atom. The molecule has 1 aromatic rings. The molecule has 4 aliphatic heterocycles. The maximum atomic E-state index is 11.6. The summed E-state index contributed by atoms with van der Waals surface area (Å²) in [6.07, 6.45) is 3.38. The van der Waals surface area contributed by atoms with Gasteiger partial charge in [-0.05, 0) is 25.7 Å². The molecule has 11 heteroatoms. The van der Waals surface area contributed by atoms with Crippen molar-refractivity contribution >= 4 is 11.9 Å². The number of amides is 1. The first-order chi connectivity index (χ1) is 16.6. The number of aromatic nitrogens is 2. The van der Waals surface area contributed by atoms with Gasteiger partial charge in [-0.25, -0.2) is 4.79 Å². The van der Waals surface area contributed by atoms with Crippen LogP contribution < -0.4 is 15.0 Å². The van der Waals surface area contributed by atoms with Crippen molar-refractivity contribution in [3.8, 4) is 12.1 Å². The fourth-order valence-electron chi connectivity index (χ4n) is 5.58. The average Bonchev–Trinajstić information content (AvgIpc) is 3.33. The van der Waals surface area contributed by atoms with Crippen molar-refractivity contribution in [3.63, 3.8) is 0 Å². The number of nitriles is 1. The molecule has 1 amide bonds. The third kappa shape index (κ3) is 4.89. The van der Waals surface area contributed by atoms with E-state index < -0.39 is 6.09 Å². The molecule has 1 atom stereocenters. The fourth-order valence-corrected chi connectivity index (χ4v) is 5.58. The lowest BCUT2D eigenvalue weighted by molar-refractivity contribution is 0.00870. The number of nitrogens with one attached hydrogen (secondary N) is 1. The van der Waals surface area contributed by atoms with Crippen LogP contribution in [0.5, 0.6) is 6.01 Å². The van der Waals surface area contributed by atoms with E-state index in [1.165, 1.54) is 4.90 Å². The number of carboxylic acid groups (broad SMARTS) is 1. The number of rotatable bonds is 5.